The molecule has 0 radical (unpaired) electrons. The standard InChI is InChI=1S/C16H27N3OS/c1-6-17-14(18-11-12-8-7-9-21-12)19-13-10-16(4,20-5)15(13,2)3/h7-9,13H,6,10-11H2,1-5H3,(H2,17,18,19). The predicted molar refractivity (Wildman–Crippen MR) is 89.9 cm³/mol. The molecular formula is C16H27N3OS. The Balaban J connectivity index is 1.99. The SMILES string of the molecule is CCNC(=NCc1cccs1)NC1CC(C)(OC)C1(C)C. The Morgan fingerprint density at radius 2 is 2.24 bits per heavy atom. The number of hydrogen-bond donors (Lipinski definition) is 2. The third-order valence-corrected chi connectivity index (χ3v) is 5.77. The van der Waals surface area contributed by atoms with Crippen molar-refractivity contribution in [3.8, 4) is 0 Å². The number of guanidine groups is 1. The lowest BCUT2D eigenvalue weighted by molar-refractivity contribution is -0.176. The number of aliphatic imine (C=N–C) groups is 1. The van der Waals surface area contributed by atoms with Gasteiger partial charge in [0.1, 0.15) is 0 Å². The quantitative estimate of drug-likeness (QED) is 0.649. The van der Waals surface area contributed by atoms with Gasteiger partial charge in [0, 0.05) is 30.0 Å². The van der Waals surface area contributed by atoms with Crippen molar-refractivity contribution >= 4 is 17.3 Å². The van der Waals surface area contributed by atoms with Gasteiger partial charge in [-0.15, -0.1) is 11.3 Å². The monoisotopic (exact) mass is 309 g/mol. The van der Waals surface area contributed by atoms with Crippen LogP contribution in [0.25, 0.3) is 0 Å². The Morgan fingerprint density at radius 3 is 2.76 bits per heavy atom. The van der Waals surface area contributed by atoms with Gasteiger partial charge in [0.05, 0.1) is 12.1 Å². The number of nitrogens with one attached hydrogen (secondary N) is 2. The minimum atomic E-state index is -0.0598. The van der Waals surface area contributed by atoms with Crippen molar-refractivity contribution < 1.29 is 4.74 Å². The van der Waals surface area contributed by atoms with Crippen LogP contribution in [0.1, 0.15) is 39.0 Å². The van der Waals surface area contributed by atoms with Crippen molar-refractivity contribution in [1.82, 2.24) is 10.6 Å². The highest BCUT2D eigenvalue weighted by molar-refractivity contribution is 7.09. The highest BCUT2D eigenvalue weighted by Crippen LogP contribution is 2.51. The molecule has 1 aliphatic carbocycles. The summed E-state index contributed by atoms with van der Waals surface area (Å²) in [6.45, 7) is 10.4. The van der Waals surface area contributed by atoms with E-state index in [1.807, 2.05) is 0 Å². The van der Waals surface area contributed by atoms with E-state index >= 15 is 0 Å². The van der Waals surface area contributed by atoms with Crippen LogP contribution >= 0.6 is 11.3 Å². The maximum absolute atomic E-state index is 5.68. The zero-order valence-electron chi connectivity index (χ0n) is 13.7. The molecule has 0 bridgehead atoms. The number of nitrogens with zero attached hydrogens (tertiary/aromatic N) is 1. The summed E-state index contributed by atoms with van der Waals surface area (Å²) in [5.74, 6) is 0.891. The summed E-state index contributed by atoms with van der Waals surface area (Å²) >= 11 is 1.74. The Kier molecular flexibility index (Phi) is 4.94. The van der Waals surface area contributed by atoms with Crippen molar-refractivity contribution in [3.05, 3.63) is 22.4 Å². The van der Waals surface area contributed by atoms with Gasteiger partial charge in [-0.05, 0) is 31.7 Å². The number of rotatable bonds is 5. The second kappa shape index (κ2) is 6.36. The summed E-state index contributed by atoms with van der Waals surface area (Å²) < 4.78 is 5.68. The number of hydrogen-bond acceptors (Lipinski definition) is 3. The first-order chi connectivity index (χ1) is 9.93. The lowest BCUT2D eigenvalue weighted by Crippen LogP contribution is -2.69. The number of thiophene rings is 1. The molecule has 2 N–H and O–H groups in total. The van der Waals surface area contributed by atoms with Crippen molar-refractivity contribution in [2.75, 3.05) is 13.7 Å². The van der Waals surface area contributed by atoms with E-state index in [1.165, 1.54) is 4.88 Å². The van der Waals surface area contributed by atoms with E-state index in [-0.39, 0.29) is 11.0 Å². The van der Waals surface area contributed by atoms with Gasteiger partial charge in [0.15, 0.2) is 5.96 Å². The molecule has 2 unspecified atom stereocenters. The summed E-state index contributed by atoms with van der Waals surface area (Å²) in [6, 6.07) is 4.56. The summed E-state index contributed by atoms with van der Waals surface area (Å²) in [5.41, 5.74) is 0.0244. The normalized spacial score (nSPS) is 28.0. The van der Waals surface area contributed by atoms with Gasteiger partial charge in [-0.2, -0.15) is 0 Å². The molecule has 0 saturated heterocycles. The van der Waals surface area contributed by atoms with Crippen LogP contribution in [0.5, 0.6) is 0 Å². The first-order valence-corrected chi connectivity index (χ1v) is 8.43. The van der Waals surface area contributed by atoms with Crippen LogP contribution in [0.2, 0.25) is 0 Å². The van der Waals surface area contributed by atoms with Crippen LogP contribution in [0.15, 0.2) is 22.5 Å². The van der Waals surface area contributed by atoms with Crippen molar-refractivity contribution in [1.29, 1.82) is 0 Å². The summed E-state index contributed by atoms with van der Waals surface area (Å²) in [6.07, 6.45) is 1.000. The third kappa shape index (κ3) is 3.24. The van der Waals surface area contributed by atoms with Gasteiger partial charge in [-0.1, -0.05) is 19.9 Å². The lowest BCUT2D eigenvalue weighted by Gasteiger charge is -2.59. The fourth-order valence-electron chi connectivity index (χ4n) is 2.77. The molecule has 1 aromatic rings. The van der Waals surface area contributed by atoms with Crippen LogP contribution < -0.4 is 10.6 Å². The highest BCUT2D eigenvalue weighted by atomic mass is 32.1. The second-order valence-electron chi connectivity index (χ2n) is 6.33. The summed E-state index contributed by atoms with van der Waals surface area (Å²) in [7, 11) is 1.80. The molecule has 1 fully saturated rings. The first-order valence-electron chi connectivity index (χ1n) is 7.55. The minimum absolute atomic E-state index is 0.0598. The fourth-order valence-corrected chi connectivity index (χ4v) is 3.40. The molecular weight excluding hydrogens is 282 g/mol. The molecule has 1 aromatic heterocycles. The molecule has 1 heterocycles. The maximum atomic E-state index is 5.68. The molecule has 0 spiro atoms. The maximum Gasteiger partial charge on any atom is 0.191 e. The zero-order valence-corrected chi connectivity index (χ0v) is 14.5. The van der Waals surface area contributed by atoms with Gasteiger partial charge in [0.25, 0.3) is 0 Å². The average molecular weight is 309 g/mol. The average Bonchev–Trinajstić information content (AvgIpc) is 2.97. The lowest BCUT2D eigenvalue weighted by atomic mass is 9.56. The van der Waals surface area contributed by atoms with Crippen LogP contribution in [0.3, 0.4) is 0 Å². The Morgan fingerprint density at radius 1 is 1.48 bits per heavy atom. The smallest absolute Gasteiger partial charge is 0.191 e. The molecule has 4 nitrogen and oxygen atoms in total. The van der Waals surface area contributed by atoms with Crippen LogP contribution in [-0.4, -0.2) is 31.3 Å². The van der Waals surface area contributed by atoms with Crippen LogP contribution in [0.4, 0.5) is 0 Å². The molecule has 0 amide bonds. The first kappa shape index (κ1) is 16.3. The zero-order chi connectivity index (χ0) is 15.5. The van der Waals surface area contributed by atoms with E-state index in [1.54, 1.807) is 18.4 Å². The largest absolute Gasteiger partial charge is 0.378 e. The number of ether oxygens (including phenoxy) is 1. The van der Waals surface area contributed by atoms with Gasteiger partial charge in [0.2, 0.25) is 0 Å². The molecule has 5 heteroatoms. The van der Waals surface area contributed by atoms with E-state index in [9.17, 15) is 0 Å². The highest BCUT2D eigenvalue weighted by Gasteiger charge is 2.58. The van der Waals surface area contributed by atoms with Crippen LogP contribution in [0, 0.1) is 5.41 Å². The molecule has 1 aliphatic rings. The van der Waals surface area contributed by atoms with E-state index in [4.69, 9.17) is 4.74 Å². The summed E-state index contributed by atoms with van der Waals surface area (Å²) in [5, 5.41) is 8.98. The molecule has 0 aliphatic heterocycles. The Hall–Kier alpha value is -1.07. The van der Waals surface area contributed by atoms with Gasteiger partial charge in [-0.25, -0.2) is 4.99 Å². The summed E-state index contributed by atoms with van der Waals surface area (Å²) in [4.78, 5) is 5.96. The van der Waals surface area contributed by atoms with E-state index in [2.05, 4.69) is 60.8 Å². The molecule has 1 saturated carbocycles. The fraction of sp³-hybridized carbons (Fsp3) is 0.688. The molecule has 0 aromatic carbocycles. The van der Waals surface area contributed by atoms with E-state index in [0.717, 1.165) is 25.5 Å². The third-order valence-electron chi connectivity index (χ3n) is 4.91. The molecule has 2 rings (SSSR count). The van der Waals surface area contributed by atoms with Crippen molar-refractivity contribution in [2.45, 2.75) is 52.3 Å². The van der Waals surface area contributed by atoms with Crippen molar-refractivity contribution in [3.63, 3.8) is 0 Å². The number of methoxy groups -OCH3 is 1. The minimum Gasteiger partial charge on any atom is -0.378 e. The van der Waals surface area contributed by atoms with E-state index < -0.39 is 0 Å². The topological polar surface area (TPSA) is 45.7 Å². The van der Waals surface area contributed by atoms with Crippen molar-refractivity contribution in [2.24, 2.45) is 10.4 Å². The molecule has 21 heavy (non-hydrogen) atoms. The molecule has 2 atom stereocenters. The predicted octanol–water partition coefficient (Wildman–Crippen LogP) is 3.01. The Labute approximate surface area is 132 Å². The van der Waals surface area contributed by atoms with Crippen LogP contribution in [-0.2, 0) is 11.3 Å². The molecule has 118 valence electrons. The van der Waals surface area contributed by atoms with Gasteiger partial charge < -0.3 is 15.4 Å². The Bertz CT molecular complexity index is 484. The van der Waals surface area contributed by atoms with E-state index in [0.29, 0.717) is 6.04 Å². The van der Waals surface area contributed by atoms with Gasteiger partial charge >= 0.3 is 0 Å². The second-order valence-corrected chi connectivity index (χ2v) is 7.36. The van der Waals surface area contributed by atoms with Gasteiger partial charge in [-0.3, -0.25) is 0 Å².